The van der Waals surface area contributed by atoms with Crippen LogP contribution >= 0.6 is 11.8 Å². The molecule has 0 radical (unpaired) electrons. The number of nitrogens with zero attached hydrogens (tertiary/aromatic N) is 2. The third-order valence-corrected chi connectivity index (χ3v) is 3.96. The summed E-state index contributed by atoms with van der Waals surface area (Å²) in [5, 5.41) is 10.4. The van der Waals surface area contributed by atoms with Crippen LogP contribution in [-0.4, -0.2) is 34.1 Å². The molecule has 0 bridgehead atoms. The maximum absolute atomic E-state index is 12.3. The fraction of sp³-hybridized carbons (Fsp3) is 0.400. The van der Waals surface area contributed by atoms with Gasteiger partial charge in [0.25, 0.3) is 5.69 Å². The Hall–Kier alpha value is -1.82. The first-order valence-corrected chi connectivity index (χ1v) is 7.57. The SMILES string of the molecule is C=C(C)CN(CC)C(=O)C(C)Sc1ccc([N+](=O)[O-])cc1. The summed E-state index contributed by atoms with van der Waals surface area (Å²) in [6.45, 7) is 10.7. The van der Waals surface area contributed by atoms with Gasteiger partial charge in [0.1, 0.15) is 0 Å². The van der Waals surface area contributed by atoms with Crippen LogP contribution in [0.2, 0.25) is 0 Å². The van der Waals surface area contributed by atoms with Gasteiger partial charge in [-0.05, 0) is 32.9 Å². The number of benzene rings is 1. The van der Waals surface area contributed by atoms with Crippen molar-refractivity contribution in [2.75, 3.05) is 13.1 Å². The Kier molecular flexibility index (Phi) is 6.42. The van der Waals surface area contributed by atoms with Crippen LogP contribution in [-0.2, 0) is 4.79 Å². The zero-order valence-corrected chi connectivity index (χ0v) is 13.4. The van der Waals surface area contributed by atoms with Crippen LogP contribution in [0, 0.1) is 10.1 Å². The Morgan fingerprint density at radius 2 is 2.00 bits per heavy atom. The lowest BCUT2D eigenvalue weighted by Crippen LogP contribution is -2.37. The largest absolute Gasteiger partial charge is 0.338 e. The molecule has 21 heavy (non-hydrogen) atoms. The van der Waals surface area contributed by atoms with Gasteiger partial charge in [-0.2, -0.15) is 0 Å². The maximum Gasteiger partial charge on any atom is 0.269 e. The topological polar surface area (TPSA) is 63.5 Å². The van der Waals surface area contributed by atoms with Crippen LogP contribution in [0.4, 0.5) is 5.69 Å². The molecular formula is C15H20N2O3S. The van der Waals surface area contributed by atoms with E-state index in [4.69, 9.17) is 0 Å². The molecule has 0 heterocycles. The number of hydrogen-bond donors (Lipinski definition) is 0. The molecule has 1 unspecified atom stereocenters. The predicted molar refractivity (Wildman–Crippen MR) is 85.5 cm³/mol. The highest BCUT2D eigenvalue weighted by Crippen LogP contribution is 2.26. The molecule has 0 aliphatic rings. The second-order valence-electron chi connectivity index (χ2n) is 4.82. The molecule has 0 N–H and O–H groups in total. The van der Waals surface area contributed by atoms with Gasteiger partial charge in [0.2, 0.25) is 5.91 Å². The first-order valence-electron chi connectivity index (χ1n) is 6.69. The normalized spacial score (nSPS) is 11.8. The van der Waals surface area contributed by atoms with Crippen LogP contribution in [0.15, 0.2) is 41.3 Å². The van der Waals surface area contributed by atoms with E-state index in [-0.39, 0.29) is 16.8 Å². The molecule has 0 saturated heterocycles. The van der Waals surface area contributed by atoms with Gasteiger partial charge in [-0.1, -0.05) is 12.2 Å². The van der Waals surface area contributed by atoms with Gasteiger partial charge in [0, 0.05) is 30.1 Å². The fourth-order valence-electron chi connectivity index (χ4n) is 1.83. The van der Waals surface area contributed by atoms with Crippen molar-refractivity contribution in [2.45, 2.75) is 30.9 Å². The van der Waals surface area contributed by atoms with E-state index in [0.717, 1.165) is 10.5 Å². The molecule has 0 saturated carbocycles. The number of nitro benzene ring substituents is 1. The van der Waals surface area contributed by atoms with Crippen molar-refractivity contribution >= 4 is 23.4 Å². The van der Waals surface area contributed by atoms with Gasteiger partial charge >= 0.3 is 0 Å². The number of carbonyl (C=O) groups is 1. The third-order valence-electron chi connectivity index (χ3n) is 2.86. The van der Waals surface area contributed by atoms with E-state index in [1.807, 2.05) is 20.8 Å². The molecule has 1 amide bonds. The second-order valence-corrected chi connectivity index (χ2v) is 6.23. The Labute approximate surface area is 129 Å². The molecule has 1 atom stereocenters. The Morgan fingerprint density at radius 1 is 1.43 bits per heavy atom. The average Bonchev–Trinajstić information content (AvgIpc) is 2.44. The Balaban J connectivity index is 2.70. The van der Waals surface area contributed by atoms with Gasteiger partial charge in [0.15, 0.2) is 0 Å². The monoisotopic (exact) mass is 308 g/mol. The van der Waals surface area contributed by atoms with Crippen molar-refractivity contribution in [1.82, 2.24) is 4.90 Å². The summed E-state index contributed by atoms with van der Waals surface area (Å²) < 4.78 is 0. The summed E-state index contributed by atoms with van der Waals surface area (Å²) in [6, 6.07) is 6.24. The van der Waals surface area contributed by atoms with Gasteiger partial charge in [-0.25, -0.2) is 0 Å². The standard InChI is InChI=1S/C15H20N2O3S/c1-5-16(10-11(2)3)15(18)12(4)21-14-8-6-13(7-9-14)17(19)20/h6-9,12H,2,5,10H2,1,3-4H3. The van der Waals surface area contributed by atoms with E-state index in [1.165, 1.54) is 23.9 Å². The van der Waals surface area contributed by atoms with Crippen molar-refractivity contribution in [3.8, 4) is 0 Å². The Morgan fingerprint density at radius 3 is 2.43 bits per heavy atom. The maximum atomic E-state index is 12.3. The zero-order chi connectivity index (χ0) is 16.0. The molecule has 0 aliphatic heterocycles. The van der Waals surface area contributed by atoms with Gasteiger partial charge in [0.05, 0.1) is 10.2 Å². The van der Waals surface area contributed by atoms with Crippen molar-refractivity contribution in [3.63, 3.8) is 0 Å². The highest BCUT2D eigenvalue weighted by molar-refractivity contribution is 8.00. The van der Waals surface area contributed by atoms with Crippen molar-refractivity contribution in [1.29, 1.82) is 0 Å². The summed E-state index contributed by atoms with van der Waals surface area (Å²) in [4.78, 5) is 25.1. The van der Waals surface area contributed by atoms with Crippen LogP contribution in [0.25, 0.3) is 0 Å². The number of thioether (sulfide) groups is 1. The first-order chi connectivity index (χ1) is 9.85. The quantitative estimate of drug-likeness (QED) is 0.335. The summed E-state index contributed by atoms with van der Waals surface area (Å²) in [7, 11) is 0. The van der Waals surface area contributed by atoms with E-state index in [9.17, 15) is 14.9 Å². The molecule has 0 aliphatic carbocycles. The molecule has 1 aromatic carbocycles. The van der Waals surface area contributed by atoms with Crippen LogP contribution < -0.4 is 0 Å². The number of non-ortho nitro benzene ring substituents is 1. The summed E-state index contributed by atoms with van der Waals surface area (Å²) >= 11 is 1.40. The molecule has 5 nitrogen and oxygen atoms in total. The van der Waals surface area contributed by atoms with Crippen LogP contribution in [0.1, 0.15) is 20.8 Å². The van der Waals surface area contributed by atoms with E-state index in [0.29, 0.717) is 13.1 Å². The number of nitro groups is 1. The van der Waals surface area contributed by atoms with Gasteiger partial charge < -0.3 is 4.90 Å². The summed E-state index contributed by atoms with van der Waals surface area (Å²) in [5.74, 6) is 0.0452. The van der Waals surface area contributed by atoms with Crippen molar-refractivity contribution < 1.29 is 9.72 Å². The lowest BCUT2D eigenvalue weighted by Gasteiger charge is -2.24. The fourth-order valence-corrected chi connectivity index (χ4v) is 2.78. The highest BCUT2D eigenvalue weighted by atomic mass is 32.2. The second kappa shape index (κ2) is 7.83. The van der Waals surface area contributed by atoms with Crippen molar-refractivity contribution in [3.05, 3.63) is 46.5 Å². The minimum atomic E-state index is -0.436. The smallest absolute Gasteiger partial charge is 0.269 e. The lowest BCUT2D eigenvalue weighted by atomic mass is 10.3. The number of likely N-dealkylation sites (N-methyl/N-ethyl adjacent to an activating group) is 1. The molecule has 1 aromatic rings. The van der Waals surface area contributed by atoms with E-state index < -0.39 is 4.92 Å². The molecule has 114 valence electrons. The van der Waals surface area contributed by atoms with E-state index >= 15 is 0 Å². The predicted octanol–water partition coefficient (Wildman–Crippen LogP) is 3.50. The molecule has 6 heteroatoms. The summed E-state index contributed by atoms with van der Waals surface area (Å²) in [6.07, 6.45) is 0. The number of carbonyl (C=O) groups excluding carboxylic acids is 1. The van der Waals surface area contributed by atoms with Crippen LogP contribution in [0.5, 0.6) is 0 Å². The number of hydrogen-bond acceptors (Lipinski definition) is 4. The molecule has 0 spiro atoms. The molecular weight excluding hydrogens is 288 g/mol. The lowest BCUT2D eigenvalue weighted by molar-refractivity contribution is -0.384. The van der Waals surface area contributed by atoms with Gasteiger partial charge in [-0.3, -0.25) is 14.9 Å². The average molecular weight is 308 g/mol. The highest BCUT2D eigenvalue weighted by Gasteiger charge is 2.20. The minimum absolute atomic E-state index is 0.0452. The summed E-state index contributed by atoms with van der Waals surface area (Å²) in [5.41, 5.74) is 0.994. The molecule has 0 fully saturated rings. The van der Waals surface area contributed by atoms with Gasteiger partial charge in [-0.15, -0.1) is 11.8 Å². The number of amides is 1. The number of rotatable bonds is 7. The van der Waals surface area contributed by atoms with E-state index in [1.54, 1.807) is 17.0 Å². The molecule has 0 aromatic heterocycles. The third kappa shape index (κ3) is 5.23. The first kappa shape index (κ1) is 17.2. The van der Waals surface area contributed by atoms with Crippen molar-refractivity contribution in [2.24, 2.45) is 0 Å². The van der Waals surface area contributed by atoms with Crippen LogP contribution in [0.3, 0.4) is 0 Å². The Bertz CT molecular complexity index is 528. The van der Waals surface area contributed by atoms with E-state index in [2.05, 4.69) is 6.58 Å². The minimum Gasteiger partial charge on any atom is -0.338 e. The zero-order valence-electron chi connectivity index (χ0n) is 12.5. The molecule has 1 rings (SSSR count).